The van der Waals surface area contributed by atoms with E-state index in [0.717, 1.165) is 6.07 Å². The fourth-order valence-electron chi connectivity index (χ4n) is 1.60. The van der Waals surface area contributed by atoms with Gasteiger partial charge in [-0.3, -0.25) is 4.79 Å². The molecule has 0 aliphatic carbocycles. The molecular weight excluding hydrogens is 207 g/mol. The van der Waals surface area contributed by atoms with Crippen LogP contribution in [-0.2, 0) is 0 Å². The summed E-state index contributed by atoms with van der Waals surface area (Å²) in [5.41, 5.74) is 0.0731. The molecule has 1 heterocycles. The molecular formula is C10H8F3NO. The molecule has 1 aromatic carbocycles. The number of hydrogen-bond donors (Lipinski definition) is 0. The second kappa shape index (κ2) is 3.25. The molecule has 0 bridgehead atoms. The van der Waals surface area contributed by atoms with Gasteiger partial charge in [0.1, 0.15) is 5.82 Å². The largest absolute Gasteiger partial charge is 0.359 e. The number of halogens is 3. The number of carbonyl (C=O) groups excluding carboxylic acids is 1. The zero-order valence-electron chi connectivity index (χ0n) is 7.71. The van der Waals surface area contributed by atoms with Crippen LogP contribution in [0.5, 0.6) is 0 Å². The Kier molecular flexibility index (Phi) is 2.17. The Morgan fingerprint density at radius 3 is 2.53 bits per heavy atom. The van der Waals surface area contributed by atoms with Crippen LogP contribution in [0.1, 0.15) is 10.4 Å². The Morgan fingerprint density at radius 1 is 1.33 bits per heavy atom. The SMILES string of the molecule is O=Cc1c(F)cccc1N1CC(F)(F)C1. The molecule has 2 rings (SSSR count). The molecule has 1 aliphatic rings. The normalized spacial score (nSPS) is 18.5. The smallest absolute Gasteiger partial charge is 0.282 e. The van der Waals surface area contributed by atoms with E-state index in [-0.39, 0.29) is 11.3 Å². The van der Waals surface area contributed by atoms with Crippen molar-refractivity contribution in [2.75, 3.05) is 18.0 Å². The third-order valence-electron chi connectivity index (χ3n) is 2.33. The molecule has 1 aliphatic heterocycles. The van der Waals surface area contributed by atoms with E-state index in [4.69, 9.17) is 0 Å². The highest BCUT2D eigenvalue weighted by Crippen LogP contribution is 2.33. The van der Waals surface area contributed by atoms with E-state index in [2.05, 4.69) is 0 Å². The van der Waals surface area contributed by atoms with Gasteiger partial charge in [-0.25, -0.2) is 13.2 Å². The van der Waals surface area contributed by atoms with Gasteiger partial charge < -0.3 is 4.90 Å². The van der Waals surface area contributed by atoms with Crippen molar-refractivity contribution < 1.29 is 18.0 Å². The van der Waals surface area contributed by atoms with Crippen molar-refractivity contribution in [2.45, 2.75) is 5.92 Å². The van der Waals surface area contributed by atoms with Gasteiger partial charge >= 0.3 is 0 Å². The summed E-state index contributed by atoms with van der Waals surface area (Å²) in [5, 5.41) is 0. The van der Waals surface area contributed by atoms with E-state index in [0.29, 0.717) is 6.29 Å². The maximum Gasteiger partial charge on any atom is 0.282 e. The summed E-state index contributed by atoms with van der Waals surface area (Å²) in [6.07, 6.45) is 0.348. The fraction of sp³-hybridized carbons (Fsp3) is 0.300. The number of rotatable bonds is 2. The van der Waals surface area contributed by atoms with Crippen LogP contribution >= 0.6 is 0 Å². The zero-order chi connectivity index (χ0) is 11.1. The van der Waals surface area contributed by atoms with Crippen LogP contribution in [0.4, 0.5) is 18.9 Å². The third kappa shape index (κ3) is 1.69. The molecule has 15 heavy (non-hydrogen) atoms. The summed E-state index contributed by atoms with van der Waals surface area (Å²) in [4.78, 5) is 11.9. The van der Waals surface area contributed by atoms with E-state index in [1.807, 2.05) is 0 Å². The Hall–Kier alpha value is -1.52. The minimum absolute atomic E-state index is 0.159. The quantitative estimate of drug-likeness (QED) is 0.704. The zero-order valence-corrected chi connectivity index (χ0v) is 7.71. The van der Waals surface area contributed by atoms with Gasteiger partial charge in [-0.1, -0.05) is 6.07 Å². The molecule has 0 amide bonds. The van der Waals surface area contributed by atoms with Crippen molar-refractivity contribution in [3.63, 3.8) is 0 Å². The lowest BCUT2D eigenvalue weighted by molar-refractivity contribution is -0.0263. The summed E-state index contributed by atoms with van der Waals surface area (Å²) in [6, 6.07) is 3.99. The number of carbonyl (C=O) groups is 1. The van der Waals surface area contributed by atoms with Crippen molar-refractivity contribution in [3.8, 4) is 0 Å². The second-order valence-electron chi connectivity index (χ2n) is 3.50. The van der Waals surface area contributed by atoms with Gasteiger partial charge in [0, 0.05) is 0 Å². The third-order valence-corrected chi connectivity index (χ3v) is 2.33. The molecule has 80 valence electrons. The number of aldehydes is 1. The number of benzene rings is 1. The van der Waals surface area contributed by atoms with Crippen LogP contribution in [0.25, 0.3) is 0 Å². The first-order valence-electron chi connectivity index (χ1n) is 4.40. The van der Waals surface area contributed by atoms with E-state index in [1.165, 1.54) is 17.0 Å². The number of hydrogen-bond acceptors (Lipinski definition) is 2. The molecule has 0 N–H and O–H groups in total. The maximum atomic E-state index is 13.1. The van der Waals surface area contributed by atoms with Gasteiger partial charge in [0.05, 0.1) is 24.3 Å². The average Bonchev–Trinajstić information content (AvgIpc) is 2.13. The summed E-state index contributed by atoms with van der Waals surface area (Å²) in [5.74, 6) is -3.41. The monoisotopic (exact) mass is 215 g/mol. The van der Waals surface area contributed by atoms with Crippen LogP contribution in [-0.4, -0.2) is 25.3 Å². The van der Waals surface area contributed by atoms with E-state index in [1.54, 1.807) is 0 Å². The lowest BCUT2D eigenvalue weighted by Gasteiger charge is -2.40. The first-order chi connectivity index (χ1) is 7.03. The lowest BCUT2D eigenvalue weighted by atomic mass is 10.1. The molecule has 0 saturated carbocycles. The molecule has 0 spiro atoms. The predicted octanol–water partition coefficient (Wildman–Crippen LogP) is 2.09. The van der Waals surface area contributed by atoms with Crippen LogP contribution in [0, 0.1) is 5.82 Å². The van der Waals surface area contributed by atoms with Gasteiger partial charge in [0.2, 0.25) is 0 Å². The Bertz CT molecular complexity index is 398. The fourth-order valence-corrected chi connectivity index (χ4v) is 1.60. The molecule has 1 saturated heterocycles. The van der Waals surface area contributed by atoms with Gasteiger partial charge in [-0.05, 0) is 12.1 Å². The van der Waals surface area contributed by atoms with Crippen molar-refractivity contribution in [1.82, 2.24) is 0 Å². The number of alkyl halides is 2. The van der Waals surface area contributed by atoms with Gasteiger partial charge in [-0.15, -0.1) is 0 Å². The highest BCUT2D eigenvalue weighted by atomic mass is 19.3. The van der Waals surface area contributed by atoms with Crippen molar-refractivity contribution in [1.29, 1.82) is 0 Å². The van der Waals surface area contributed by atoms with Gasteiger partial charge in [-0.2, -0.15) is 0 Å². The second-order valence-corrected chi connectivity index (χ2v) is 3.50. The van der Waals surface area contributed by atoms with Crippen molar-refractivity contribution >= 4 is 12.0 Å². The molecule has 0 atom stereocenters. The minimum Gasteiger partial charge on any atom is -0.359 e. The first-order valence-corrected chi connectivity index (χ1v) is 4.40. The molecule has 0 unspecified atom stereocenters. The van der Waals surface area contributed by atoms with Crippen molar-refractivity contribution in [2.24, 2.45) is 0 Å². The molecule has 0 radical (unpaired) electrons. The average molecular weight is 215 g/mol. The topological polar surface area (TPSA) is 20.3 Å². The lowest BCUT2D eigenvalue weighted by Crippen LogP contribution is -2.56. The number of anilines is 1. The summed E-state index contributed by atoms with van der Waals surface area (Å²) in [6.45, 7) is -0.922. The summed E-state index contributed by atoms with van der Waals surface area (Å²) >= 11 is 0. The highest BCUT2D eigenvalue weighted by molar-refractivity contribution is 5.85. The molecule has 0 aromatic heterocycles. The van der Waals surface area contributed by atoms with E-state index >= 15 is 0 Å². The first kappa shape index (κ1) is 10.0. The summed E-state index contributed by atoms with van der Waals surface area (Å²) < 4.78 is 38.3. The van der Waals surface area contributed by atoms with E-state index < -0.39 is 24.8 Å². The molecule has 5 heteroatoms. The Balaban J connectivity index is 2.30. The predicted molar refractivity (Wildman–Crippen MR) is 48.9 cm³/mol. The van der Waals surface area contributed by atoms with Crippen LogP contribution in [0.15, 0.2) is 18.2 Å². The molecule has 1 aromatic rings. The maximum absolute atomic E-state index is 13.1. The van der Waals surface area contributed by atoms with E-state index in [9.17, 15) is 18.0 Å². The molecule has 1 fully saturated rings. The van der Waals surface area contributed by atoms with Crippen LogP contribution in [0.2, 0.25) is 0 Å². The molecule has 2 nitrogen and oxygen atoms in total. The van der Waals surface area contributed by atoms with Crippen molar-refractivity contribution in [3.05, 3.63) is 29.6 Å². The van der Waals surface area contributed by atoms with Gasteiger partial charge in [0.25, 0.3) is 5.92 Å². The Morgan fingerprint density at radius 2 is 2.00 bits per heavy atom. The van der Waals surface area contributed by atoms with Crippen LogP contribution in [0.3, 0.4) is 0 Å². The number of nitrogens with zero attached hydrogens (tertiary/aromatic N) is 1. The summed E-state index contributed by atoms with van der Waals surface area (Å²) in [7, 11) is 0. The Labute approximate surface area is 84.3 Å². The highest BCUT2D eigenvalue weighted by Gasteiger charge is 2.44. The van der Waals surface area contributed by atoms with Crippen LogP contribution < -0.4 is 4.90 Å². The standard InChI is InChI=1S/C10H8F3NO/c11-8-2-1-3-9(7(8)4-15)14-5-10(12,13)6-14/h1-4H,5-6H2. The minimum atomic E-state index is -2.73. The van der Waals surface area contributed by atoms with Gasteiger partial charge in [0.15, 0.2) is 6.29 Å².